The van der Waals surface area contributed by atoms with E-state index in [1.165, 1.54) is 0 Å². The van der Waals surface area contributed by atoms with Crippen LogP contribution < -0.4 is 14.8 Å². The molecule has 1 heterocycles. The van der Waals surface area contributed by atoms with Crippen molar-refractivity contribution in [2.24, 2.45) is 4.99 Å². The van der Waals surface area contributed by atoms with Crippen molar-refractivity contribution in [1.82, 2.24) is 10.2 Å². The van der Waals surface area contributed by atoms with Gasteiger partial charge in [0.25, 0.3) is 0 Å². The zero-order valence-electron chi connectivity index (χ0n) is 12.2. The lowest BCUT2D eigenvalue weighted by molar-refractivity contribution is 0.391. The van der Waals surface area contributed by atoms with Crippen molar-refractivity contribution < 1.29 is 9.47 Å². The maximum atomic E-state index is 5.38. The van der Waals surface area contributed by atoms with Gasteiger partial charge in [-0.2, -0.15) is 0 Å². The number of methoxy groups -OCH3 is 2. The molecule has 0 fully saturated rings. The Hall–Kier alpha value is -1.18. The lowest BCUT2D eigenvalue weighted by Crippen LogP contribution is -2.36. The minimum Gasteiger partial charge on any atom is -0.497 e. The molecule has 1 N–H and O–H groups in total. The van der Waals surface area contributed by atoms with Gasteiger partial charge in [0.2, 0.25) is 0 Å². The molecule has 0 bridgehead atoms. The number of hydrogen-bond donors (Lipinski definition) is 1. The van der Waals surface area contributed by atoms with E-state index in [0.717, 1.165) is 49.1 Å². The number of nitrogens with zero attached hydrogens (tertiary/aromatic N) is 2. The molecule has 0 atom stereocenters. The molecule has 20 heavy (non-hydrogen) atoms. The molecule has 1 aliphatic heterocycles. The SMILES string of the molecule is COc1ccc(CCNC2=NCCN2C)c(OC)c1.I. The van der Waals surface area contributed by atoms with Crippen LogP contribution in [0.15, 0.2) is 23.2 Å². The van der Waals surface area contributed by atoms with Gasteiger partial charge < -0.3 is 19.7 Å². The van der Waals surface area contributed by atoms with Crippen molar-refractivity contribution >= 4 is 29.9 Å². The predicted octanol–water partition coefficient (Wildman–Crippen LogP) is 1.76. The second-order valence-corrected chi connectivity index (χ2v) is 4.48. The van der Waals surface area contributed by atoms with Gasteiger partial charge in [-0.05, 0) is 18.1 Å². The van der Waals surface area contributed by atoms with Crippen LogP contribution in [0.3, 0.4) is 0 Å². The topological polar surface area (TPSA) is 46.1 Å². The lowest BCUT2D eigenvalue weighted by Gasteiger charge is -2.16. The molecule has 1 aliphatic rings. The van der Waals surface area contributed by atoms with Crippen LogP contribution in [0, 0.1) is 0 Å². The van der Waals surface area contributed by atoms with Crippen LogP contribution in [-0.4, -0.2) is 51.8 Å². The van der Waals surface area contributed by atoms with Gasteiger partial charge in [-0.1, -0.05) is 6.07 Å². The fraction of sp³-hybridized carbons (Fsp3) is 0.500. The molecule has 6 heteroatoms. The van der Waals surface area contributed by atoms with Gasteiger partial charge in [-0.15, -0.1) is 24.0 Å². The van der Waals surface area contributed by atoms with E-state index >= 15 is 0 Å². The Morgan fingerprint density at radius 1 is 1.30 bits per heavy atom. The average Bonchev–Trinajstić information content (AvgIpc) is 2.84. The zero-order chi connectivity index (χ0) is 13.7. The standard InChI is InChI=1S/C14H21N3O2.HI/c1-17-9-8-16-14(17)15-7-6-11-4-5-12(18-2)10-13(11)19-3;/h4-5,10H,6-9H2,1-3H3,(H,15,16);1H. The van der Waals surface area contributed by atoms with Gasteiger partial charge in [0.1, 0.15) is 11.5 Å². The van der Waals surface area contributed by atoms with Crippen molar-refractivity contribution in [2.45, 2.75) is 6.42 Å². The van der Waals surface area contributed by atoms with Gasteiger partial charge in [0, 0.05) is 26.2 Å². The number of likely N-dealkylation sites (N-methyl/N-ethyl adjacent to an activating group) is 1. The van der Waals surface area contributed by atoms with Crippen LogP contribution in [0.4, 0.5) is 0 Å². The quantitative estimate of drug-likeness (QED) is 0.778. The van der Waals surface area contributed by atoms with Crippen molar-refractivity contribution in [1.29, 1.82) is 0 Å². The first-order valence-electron chi connectivity index (χ1n) is 6.45. The molecule has 2 rings (SSSR count). The normalized spacial score (nSPS) is 13.6. The van der Waals surface area contributed by atoms with E-state index < -0.39 is 0 Å². The largest absolute Gasteiger partial charge is 0.497 e. The third-order valence-electron chi connectivity index (χ3n) is 3.23. The second-order valence-electron chi connectivity index (χ2n) is 4.48. The molecule has 1 aromatic carbocycles. The molecule has 0 aliphatic carbocycles. The molecule has 0 unspecified atom stereocenters. The highest BCUT2D eigenvalue weighted by Crippen LogP contribution is 2.24. The molecular formula is C14H22IN3O2. The van der Waals surface area contributed by atoms with Crippen LogP contribution in [-0.2, 0) is 6.42 Å². The number of nitrogens with one attached hydrogen (secondary N) is 1. The molecule has 0 radical (unpaired) electrons. The summed E-state index contributed by atoms with van der Waals surface area (Å²) in [6, 6.07) is 5.91. The first-order chi connectivity index (χ1) is 9.24. The number of aliphatic imine (C=N–C) groups is 1. The first kappa shape index (κ1) is 16.9. The lowest BCUT2D eigenvalue weighted by atomic mass is 10.1. The van der Waals surface area contributed by atoms with Crippen molar-refractivity contribution in [3.8, 4) is 11.5 Å². The molecule has 0 saturated heterocycles. The fourth-order valence-corrected chi connectivity index (χ4v) is 2.09. The summed E-state index contributed by atoms with van der Waals surface area (Å²) < 4.78 is 10.6. The molecule has 0 spiro atoms. The van der Waals surface area contributed by atoms with Crippen molar-refractivity contribution in [2.75, 3.05) is 40.9 Å². The van der Waals surface area contributed by atoms with E-state index in [-0.39, 0.29) is 24.0 Å². The summed E-state index contributed by atoms with van der Waals surface area (Å²) in [5, 5.41) is 3.35. The Kier molecular flexibility index (Phi) is 6.90. The Morgan fingerprint density at radius 2 is 2.10 bits per heavy atom. The summed E-state index contributed by atoms with van der Waals surface area (Å²) in [5.41, 5.74) is 1.16. The Balaban J connectivity index is 0.00000200. The maximum Gasteiger partial charge on any atom is 0.193 e. The molecule has 0 aromatic heterocycles. The maximum absolute atomic E-state index is 5.38. The molecule has 0 amide bonds. The number of hydrogen-bond acceptors (Lipinski definition) is 5. The number of rotatable bonds is 5. The van der Waals surface area contributed by atoms with Crippen LogP contribution in [0.2, 0.25) is 0 Å². The third kappa shape index (κ3) is 4.16. The van der Waals surface area contributed by atoms with E-state index in [2.05, 4.69) is 15.2 Å². The summed E-state index contributed by atoms with van der Waals surface area (Å²) in [5.74, 6) is 2.66. The predicted molar refractivity (Wildman–Crippen MR) is 91.6 cm³/mol. The van der Waals surface area contributed by atoms with Gasteiger partial charge >= 0.3 is 0 Å². The minimum atomic E-state index is 0. The van der Waals surface area contributed by atoms with Gasteiger partial charge in [0.05, 0.1) is 20.8 Å². The summed E-state index contributed by atoms with van der Waals surface area (Å²) >= 11 is 0. The Morgan fingerprint density at radius 3 is 2.70 bits per heavy atom. The van der Waals surface area contributed by atoms with Crippen LogP contribution in [0.25, 0.3) is 0 Å². The third-order valence-corrected chi connectivity index (χ3v) is 3.23. The van der Waals surface area contributed by atoms with E-state index in [9.17, 15) is 0 Å². The number of halogens is 1. The van der Waals surface area contributed by atoms with Crippen molar-refractivity contribution in [3.05, 3.63) is 23.8 Å². The molecule has 0 saturated carbocycles. The monoisotopic (exact) mass is 391 g/mol. The fourth-order valence-electron chi connectivity index (χ4n) is 2.09. The number of guanidine groups is 1. The van der Waals surface area contributed by atoms with Crippen molar-refractivity contribution in [3.63, 3.8) is 0 Å². The van der Waals surface area contributed by atoms with Gasteiger partial charge in [0.15, 0.2) is 5.96 Å². The summed E-state index contributed by atoms with van der Waals surface area (Å²) in [7, 11) is 5.39. The summed E-state index contributed by atoms with van der Waals surface area (Å²) in [6.07, 6.45) is 0.889. The average molecular weight is 391 g/mol. The molecule has 112 valence electrons. The zero-order valence-corrected chi connectivity index (χ0v) is 14.5. The van der Waals surface area contributed by atoms with Crippen LogP contribution >= 0.6 is 24.0 Å². The highest BCUT2D eigenvalue weighted by molar-refractivity contribution is 14.0. The Bertz CT molecular complexity index is 466. The number of ether oxygens (including phenoxy) is 2. The highest BCUT2D eigenvalue weighted by Gasteiger charge is 2.11. The summed E-state index contributed by atoms with van der Waals surface area (Å²) in [4.78, 5) is 6.53. The molecular weight excluding hydrogens is 369 g/mol. The van der Waals surface area contributed by atoms with E-state index in [1.54, 1.807) is 14.2 Å². The number of benzene rings is 1. The van der Waals surface area contributed by atoms with E-state index in [0.29, 0.717) is 0 Å². The first-order valence-corrected chi connectivity index (χ1v) is 6.45. The minimum absolute atomic E-state index is 0. The molecule has 5 nitrogen and oxygen atoms in total. The van der Waals surface area contributed by atoms with Crippen LogP contribution in [0.1, 0.15) is 5.56 Å². The second kappa shape index (κ2) is 8.18. The van der Waals surface area contributed by atoms with Crippen LogP contribution in [0.5, 0.6) is 11.5 Å². The van der Waals surface area contributed by atoms with Gasteiger partial charge in [-0.25, -0.2) is 0 Å². The summed E-state index contributed by atoms with van der Waals surface area (Å²) in [6.45, 7) is 2.71. The molecule has 1 aromatic rings. The van der Waals surface area contributed by atoms with E-state index in [1.807, 2.05) is 25.2 Å². The smallest absolute Gasteiger partial charge is 0.193 e. The van der Waals surface area contributed by atoms with E-state index in [4.69, 9.17) is 9.47 Å². The highest BCUT2D eigenvalue weighted by atomic mass is 127. The van der Waals surface area contributed by atoms with Gasteiger partial charge in [-0.3, -0.25) is 4.99 Å². The Labute approximate surface area is 137 Å².